The van der Waals surface area contributed by atoms with Gasteiger partial charge in [-0.15, -0.1) is 11.3 Å². The Kier molecular flexibility index (Phi) is 3.80. The van der Waals surface area contributed by atoms with Crippen molar-refractivity contribution in [2.24, 2.45) is 11.7 Å². The summed E-state index contributed by atoms with van der Waals surface area (Å²) >= 11 is 1.32. The first-order valence-corrected chi connectivity index (χ1v) is 8.99. The maximum absolute atomic E-state index is 12.5. The molecule has 0 bridgehead atoms. The molecule has 1 aromatic carbocycles. The van der Waals surface area contributed by atoms with Gasteiger partial charge in [-0.05, 0) is 37.6 Å². The normalized spacial score (nSPS) is 20.4. The first-order valence-electron chi connectivity index (χ1n) is 8.17. The van der Waals surface area contributed by atoms with Gasteiger partial charge in [0.15, 0.2) is 0 Å². The predicted octanol–water partition coefficient (Wildman–Crippen LogP) is 2.70. The van der Waals surface area contributed by atoms with Gasteiger partial charge in [0.2, 0.25) is 5.91 Å². The van der Waals surface area contributed by atoms with Gasteiger partial charge in [-0.2, -0.15) is 0 Å². The van der Waals surface area contributed by atoms with E-state index in [4.69, 9.17) is 5.73 Å². The summed E-state index contributed by atoms with van der Waals surface area (Å²) in [5.74, 6) is 0.540. The van der Waals surface area contributed by atoms with Crippen molar-refractivity contribution in [1.82, 2.24) is 15.3 Å². The van der Waals surface area contributed by atoms with E-state index in [1.807, 2.05) is 37.3 Å². The number of hydrogen-bond acceptors (Lipinski definition) is 4. The largest absolute Gasteiger partial charge is 0.365 e. The molecule has 0 spiro atoms. The topological polar surface area (TPSA) is 101 Å². The number of imidazole rings is 1. The zero-order valence-electron chi connectivity index (χ0n) is 13.7. The highest BCUT2D eigenvalue weighted by Crippen LogP contribution is 2.47. The third kappa shape index (κ3) is 3.02. The second-order valence-electron chi connectivity index (χ2n) is 6.38. The van der Waals surface area contributed by atoms with Gasteiger partial charge in [0, 0.05) is 16.7 Å². The number of fused-ring (bicyclic) bond motifs is 1. The van der Waals surface area contributed by atoms with Crippen molar-refractivity contribution in [1.29, 1.82) is 0 Å². The smallest absolute Gasteiger partial charge is 0.258 e. The molecule has 0 radical (unpaired) electrons. The SMILES string of the molecule is CC(NC(=O)C1CC1c1nc2ccccc2[nH]1)c1ccc(C(N)=O)s1. The Balaban J connectivity index is 1.41. The minimum atomic E-state index is -0.443. The number of nitrogens with zero attached hydrogens (tertiary/aromatic N) is 1. The van der Waals surface area contributed by atoms with E-state index in [0.717, 1.165) is 28.2 Å². The van der Waals surface area contributed by atoms with Crippen molar-refractivity contribution in [3.05, 3.63) is 52.0 Å². The van der Waals surface area contributed by atoms with E-state index in [9.17, 15) is 9.59 Å². The number of amides is 2. The molecule has 2 amide bonds. The standard InChI is InChI=1S/C18H18N4O2S/c1-9(14-6-7-15(25-14)16(19)23)20-18(24)11-8-10(11)17-21-12-4-2-3-5-13(12)22-17/h2-7,9-11H,8H2,1H3,(H2,19,23)(H,20,24)(H,21,22). The summed E-state index contributed by atoms with van der Waals surface area (Å²) < 4.78 is 0. The third-order valence-electron chi connectivity index (χ3n) is 4.54. The third-order valence-corrected chi connectivity index (χ3v) is 5.82. The number of benzene rings is 1. The van der Waals surface area contributed by atoms with E-state index in [-0.39, 0.29) is 23.8 Å². The zero-order valence-corrected chi connectivity index (χ0v) is 14.5. The van der Waals surface area contributed by atoms with Gasteiger partial charge in [0.25, 0.3) is 5.91 Å². The highest BCUT2D eigenvalue weighted by atomic mass is 32.1. The van der Waals surface area contributed by atoms with Crippen molar-refractivity contribution in [3.63, 3.8) is 0 Å². The van der Waals surface area contributed by atoms with Crippen LogP contribution in [-0.2, 0) is 4.79 Å². The molecule has 6 nitrogen and oxygen atoms in total. The molecule has 7 heteroatoms. The molecular formula is C18H18N4O2S. The number of carbonyl (C=O) groups is 2. The Labute approximate surface area is 148 Å². The molecular weight excluding hydrogens is 336 g/mol. The highest BCUT2D eigenvalue weighted by molar-refractivity contribution is 7.14. The van der Waals surface area contributed by atoms with Crippen LogP contribution in [0, 0.1) is 5.92 Å². The van der Waals surface area contributed by atoms with Crippen LogP contribution in [0.5, 0.6) is 0 Å². The lowest BCUT2D eigenvalue weighted by Gasteiger charge is -2.11. The number of primary amides is 1. The number of rotatable bonds is 5. The van der Waals surface area contributed by atoms with Crippen LogP contribution in [0.3, 0.4) is 0 Å². The van der Waals surface area contributed by atoms with Crippen LogP contribution < -0.4 is 11.1 Å². The highest BCUT2D eigenvalue weighted by Gasteiger charge is 2.46. The second-order valence-corrected chi connectivity index (χ2v) is 7.50. The molecule has 2 heterocycles. The molecule has 3 unspecified atom stereocenters. The summed E-state index contributed by atoms with van der Waals surface area (Å²) in [6.07, 6.45) is 0.801. The number of nitrogens with one attached hydrogen (secondary N) is 2. The van der Waals surface area contributed by atoms with Gasteiger partial charge in [-0.3, -0.25) is 9.59 Å². The Hall–Kier alpha value is -2.67. The molecule has 1 aliphatic carbocycles. The fourth-order valence-corrected chi connectivity index (χ4v) is 3.91. The minimum absolute atomic E-state index is 0.0204. The molecule has 4 rings (SSSR count). The lowest BCUT2D eigenvalue weighted by atomic mass is 10.2. The van der Waals surface area contributed by atoms with Gasteiger partial charge in [0.1, 0.15) is 5.82 Å². The van der Waals surface area contributed by atoms with Crippen LogP contribution in [0.1, 0.15) is 45.7 Å². The van der Waals surface area contributed by atoms with Gasteiger partial charge >= 0.3 is 0 Å². The Morgan fingerprint density at radius 2 is 2.12 bits per heavy atom. The molecule has 2 aromatic heterocycles. The maximum atomic E-state index is 12.5. The van der Waals surface area contributed by atoms with Crippen molar-refractivity contribution in [3.8, 4) is 0 Å². The second kappa shape index (κ2) is 6.00. The Morgan fingerprint density at radius 1 is 1.32 bits per heavy atom. The number of aromatic nitrogens is 2. The summed E-state index contributed by atoms with van der Waals surface area (Å²) in [5.41, 5.74) is 7.20. The van der Waals surface area contributed by atoms with Crippen LogP contribution in [0.25, 0.3) is 11.0 Å². The summed E-state index contributed by atoms with van der Waals surface area (Å²) in [7, 11) is 0. The van der Waals surface area contributed by atoms with Crippen molar-refractivity contribution in [2.45, 2.75) is 25.3 Å². The summed E-state index contributed by atoms with van der Waals surface area (Å²) in [6, 6.07) is 11.2. The average Bonchev–Trinajstić information content (AvgIpc) is 3.05. The summed E-state index contributed by atoms with van der Waals surface area (Å²) in [6.45, 7) is 1.91. The van der Waals surface area contributed by atoms with Gasteiger partial charge in [0.05, 0.1) is 22.0 Å². The van der Waals surface area contributed by atoms with Crippen molar-refractivity contribution >= 4 is 34.2 Å². The summed E-state index contributed by atoms with van der Waals surface area (Å²) in [5, 5.41) is 3.02. The predicted molar refractivity (Wildman–Crippen MR) is 96.3 cm³/mol. The first-order chi connectivity index (χ1) is 12.0. The van der Waals surface area contributed by atoms with E-state index < -0.39 is 5.91 Å². The number of hydrogen-bond donors (Lipinski definition) is 3. The number of aromatic amines is 1. The number of para-hydroxylation sites is 2. The van der Waals surface area contributed by atoms with Crippen LogP contribution in [-0.4, -0.2) is 21.8 Å². The van der Waals surface area contributed by atoms with Gasteiger partial charge in [-0.1, -0.05) is 12.1 Å². The fraction of sp³-hybridized carbons (Fsp3) is 0.278. The molecule has 0 aliphatic heterocycles. The van der Waals surface area contributed by atoms with Gasteiger partial charge < -0.3 is 16.0 Å². The zero-order chi connectivity index (χ0) is 17.6. The van der Waals surface area contributed by atoms with E-state index in [1.165, 1.54) is 11.3 Å². The van der Waals surface area contributed by atoms with Gasteiger partial charge in [-0.25, -0.2) is 4.98 Å². The van der Waals surface area contributed by atoms with Crippen LogP contribution in [0.15, 0.2) is 36.4 Å². The molecule has 1 aliphatic rings. The fourth-order valence-electron chi connectivity index (χ4n) is 3.04. The maximum Gasteiger partial charge on any atom is 0.258 e. The minimum Gasteiger partial charge on any atom is -0.365 e. The monoisotopic (exact) mass is 354 g/mol. The molecule has 128 valence electrons. The summed E-state index contributed by atoms with van der Waals surface area (Å²) in [4.78, 5) is 33.0. The van der Waals surface area contributed by atoms with E-state index >= 15 is 0 Å². The van der Waals surface area contributed by atoms with E-state index in [0.29, 0.717) is 4.88 Å². The van der Waals surface area contributed by atoms with E-state index in [2.05, 4.69) is 15.3 Å². The average molecular weight is 354 g/mol. The van der Waals surface area contributed by atoms with Crippen LogP contribution >= 0.6 is 11.3 Å². The number of H-pyrrole nitrogens is 1. The first kappa shape index (κ1) is 15.8. The molecule has 1 fully saturated rings. The van der Waals surface area contributed by atoms with Crippen LogP contribution in [0.4, 0.5) is 0 Å². The quantitative estimate of drug-likeness (QED) is 0.656. The lowest BCUT2D eigenvalue weighted by molar-refractivity contribution is -0.123. The Morgan fingerprint density at radius 3 is 2.84 bits per heavy atom. The Bertz CT molecular complexity index is 928. The molecule has 3 atom stereocenters. The van der Waals surface area contributed by atoms with E-state index in [1.54, 1.807) is 6.07 Å². The number of nitrogens with two attached hydrogens (primary N) is 1. The molecule has 3 aromatic rings. The van der Waals surface area contributed by atoms with Crippen LogP contribution in [0.2, 0.25) is 0 Å². The molecule has 25 heavy (non-hydrogen) atoms. The molecule has 0 saturated heterocycles. The lowest BCUT2D eigenvalue weighted by Crippen LogP contribution is -2.28. The number of thiophene rings is 1. The van der Waals surface area contributed by atoms with Crippen molar-refractivity contribution in [2.75, 3.05) is 0 Å². The van der Waals surface area contributed by atoms with Crippen molar-refractivity contribution < 1.29 is 9.59 Å². The molecule has 1 saturated carbocycles. The molecule has 4 N–H and O–H groups in total. The number of carbonyl (C=O) groups excluding carboxylic acids is 2.